The molecule has 1 atom stereocenters. The molecular formula is C23H27N5S. The summed E-state index contributed by atoms with van der Waals surface area (Å²) < 4.78 is 0. The van der Waals surface area contributed by atoms with Crippen molar-refractivity contribution in [1.82, 2.24) is 15.0 Å². The molecule has 0 amide bonds. The van der Waals surface area contributed by atoms with Gasteiger partial charge < -0.3 is 10.6 Å². The van der Waals surface area contributed by atoms with Gasteiger partial charge in [-0.25, -0.2) is 9.97 Å². The summed E-state index contributed by atoms with van der Waals surface area (Å²) in [6.45, 7) is 9.55. The molecule has 1 aliphatic rings. The molecule has 5 nitrogen and oxygen atoms in total. The van der Waals surface area contributed by atoms with E-state index in [1.54, 1.807) is 6.20 Å². The minimum absolute atomic E-state index is 0.0320. The van der Waals surface area contributed by atoms with E-state index in [1.807, 2.05) is 43.2 Å². The molecule has 1 aliphatic heterocycles. The van der Waals surface area contributed by atoms with Crippen LogP contribution in [0.15, 0.2) is 53.8 Å². The van der Waals surface area contributed by atoms with E-state index in [-0.39, 0.29) is 11.5 Å². The fourth-order valence-electron chi connectivity index (χ4n) is 3.79. The standard InChI is InChI=1S/C23H27N5S/c1-5-29-18-6-7-19-21(11-18)28(14-23(19,3)4)22-26-12-17(13-27-22)20-10-16(15(2)24)8-9-25-20/h6-13,15H,5,14,24H2,1-4H3. The van der Waals surface area contributed by atoms with Gasteiger partial charge in [-0.15, -0.1) is 11.8 Å². The summed E-state index contributed by atoms with van der Waals surface area (Å²) in [6.07, 6.45) is 5.49. The zero-order chi connectivity index (χ0) is 20.6. The first-order chi connectivity index (χ1) is 13.9. The van der Waals surface area contributed by atoms with Gasteiger partial charge >= 0.3 is 0 Å². The summed E-state index contributed by atoms with van der Waals surface area (Å²) in [5.74, 6) is 1.78. The van der Waals surface area contributed by atoms with Crippen LogP contribution in [-0.4, -0.2) is 27.2 Å². The fourth-order valence-corrected chi connectivity index (χ4v) is 4.48. The van der Waals surface area contributed by atoms with Gasteiger partial charge in [0.25, 0.3) is 0 Å². The van der Waals surface area contributed by atoms with Crippen LogP contribution >= 0.6 is 11.8 Å². The zero-order valence-electron chi connectivity index (χ0n) is 17.4. The lowest BCUT2D eigenvalue weighted by atomic mass is 9.87. The number of nitrogens with two attached hydrogens (primary N) is 1. The third-order valence-corrected chi connectivity index (χ3v) is 6.21. The number of hydrogen-bond acceptors (Lipinski definition) is 6. The fraction of sp³-hybridized carbons (Fsp3) is 0.348. The van der Waals surface area contributed by atoms with Gasteiger partial charge in [0.2, 0.25) is 5.95 Å². The second kappa shape index (κ2) is 7.76. The lowest BCUT2D eigenvalue weighted by Crippen LogP contribution is -2.26. The van der Waals surface area contributed by atoms with Gasteiger partial charge in [-0.05, 0) is 48.1 Å². The number of anilines is 2. The third kappa shape index (κ3) is 3.87. The number of aromatic nitrogens is 3. The Labute approximate surface area is 176 Å². The maximum Gasteiger partial charge on any atom is 0.229 e. The summed E-state index contributed by atoms with van der Waals surface area (Å²) in [6, 6.07) is 10.7. The topological polar surface area (TPSA) is 67.9 Å². The first-order valence-corrected chi connectivity index (χ1v) is 11.0. The van der Waals surface area contributed by atoms with Crippen LogP contribution < -0.4 is 10.6 Å². The molecule has 3 heterocycles. The normalized spacial score (nSPS) is 16.0. The summed E-state index contributed by atoms with van der Waals surface area (Å²) >= 11 is 1.86. The Morgan fingerprint density at radius 2 is 1.90 bits per heavy atom. The molecule has 2 aromatic heterocycles. The number of hydrogen-bond donors (Lipinski definition) is 1. The highest BCUT2D eigenvalue weighted by atomic mass is 32.2. The minimum Gasteiger partial charge on any atom is -0.324 e. The maximum atomic E-state index is 6.00. The molecular weight excluding hydrogens is 378 g/mol. The Balaban J connectivity index is 1.67. The SMILES string of the molecule is CCSc1ccc2c(c1)N(c1ncc(-c3cc(C(C)N)ccn3)cn1)CC2(C)C. The van der Waals surface area contributed by atoms with E-state index in [0.717, 1.165) is 35.1 Å². The Morgan fingerprint density at radius 1 is 1.14 bits per heavy atom. The van der Waals surface area contributed by atoms with Gasteiger partial charge in [0.15, 0.2) is 0 Å². The number of benzene rings is 1. The van der Waals surface area contributed by atoms with Crippen LogP contribution in [0.1, 0.15) is 44.9 Å². The predicted octanol–water partition coefficient (Wildman–Crippen LogP) is 5.10. The highest BCUT2D eigenvalue weighted by Gasteiger charge is 2.37. The quantitative estimate of drug-likeness (QED) is 0.596. The van der Waals surface area contributed by atoms with E-state index < -0.39 is 0 Å². The van der Waals surface area contributed by atoms with Crippen molar-refractivity contribution in [1.29, 1.82) is 0 Å². The molecule has 29 heavy (non-hydrogen) atoms. The molecule has 2 N–H and O–H groups in total. The number of thioether (sulfide) groups is 1. The largest absolute Gasteiger partial charge is 0.324 e. The van der Waals surface area contributed by atoms with Crippen LogP contribution in [0.25, 0.3) is 11.3 Å². The van der Waals surface area contributed by atoms with E-state index in [1.165, 1.54) is 16.1 Å². The van der Waals surface area contributed by atoms with Crippen LogP contribution in [0.2, 0.25) is 0 Å². The van der Waals surface area contributed by atoms with Crippen LogP contribution in [0.3, 0.4) is 0 Å². The lowest BCUT2D eigenvalue weighted by Gasteiger charge is -2.20. The molecule has 0 saturated heterocycles. The number of nitrogens with zero attached hydrogens (tertiary/aromatic N) is 4. The van der Waals surface area contributed by atoms with Gasteiger partial charge in [0, 0.05) is 52.7 Å². The number of pyridine rings is 1. The van der Waals surface area contributed by atoms with E-state index >= 15 is 0 Å². The van der Waals surface area contributed by atoms with Gasteiger partial charge in [0.05, 0.1) is 5.69 Å². The minimum atomic E-state index is -0.0320. The predicted molar refractivity (Wildman–Crippen MR) is 121 cm³/mol. The second-order valence-electron chi connectivity index (χ2n) is 8.12. The van der Waals surface area contributed by atoms with Crippen LogP contribution in [0, 0.1) is 0 Å². The van der Waals surface area contributed by atoms with Crippen LogP contribution in [0.5, 0.6) is 0 Å². The Bertz CT molecular complexity index is 1010. The monoisotopic (exact) mass is 405 g/mol. The summed E-state index contributed by atoms with van der Waals surface area (Å²) in [4.78, 5) is 17.3. The molecule has 3 aromatic rings. The molecule has 0 radical (unpaired) electrons. The molecule has 150 valence electrons. The van der Waals surface area contributed by atoms with Crippen LogP contribution in [-0.2, 0) is 5.41 Å². The van der Waals surface area contributed by atoms with Crippen molar-refractivity contribution in [3.05, 3.63) is 60.0 Å². The first kappa shape index (κ1) is 19.9. The lowest BCUT2D eigenvalue weighted by molar-refractivity contribution is 0.566. The molecule has 0 fully saturated rings. The van der Waals surface area contributed by atoms with E-state index in [2.05, 4.69) is 58.8 Å². The van der Waals surface area contributed by atoms with Gasteiger partial charge in [-0.3, -0.25) is 4.98 Å². The molecule has 0 spiro atoms. The van der Waals surface area contributed by atoms with Gasteiger partial charge in [-0.1, -0.05) is 26.8 Å². The first-order valence-electron chi connectivity index (χ1n) is 9.98. The summed E-state index contributed by atoms with van der Waals surface area (Å²) in [7, 11) is 0. The number of fused-ring (bicyclic) bond motifs is 1. The van der Waals surface area contributed by atoms with Crippen molar-refractivity contribution in [2.45, 2.75) is 44.0 Å². The van der Waals surface area contributed by atoms with Crippen molar-refractivity contribution in [2.24, 2.45) is 5.73 Å². The molecule has 0 saturated carbocycles. The number of rotatable bonds is 5. The van der Waals surface area contributed by atoms with Crippen molar-refractivity contribution >= 4 is 23.4 Å². The van der Waals surface area contributed by atoms with Gasteiger partial charge in [0.1, 0.15) is 0 Å². The second-order valence-corrected chi connectivity index (χ2v) is 9.45. The average Bonchev–Trinajstić information content (AvgIpc) is 2.99. The van der Waals surface area contributed by atoms with Crippen molar-refractivity contribution in [3.63, 3.8) is 0 Å². The van der Waals surface area contributed by atoms with E-state index in [0.29, 0.717) is 0 Å². The highest BCUT2D eigenvalue weighted by Crippen LogP contribution is 2.44. The van der Waals surface area contributed by atoms with Gasteiger partial charge in [-0.2, -0.15) is 0 Å². The highest BCUT2D eigenvalue weighted by molar-refractivity contribution is 7.99. The molecule has 1 aromatic carbocycles. The Kier molecular flexibility index (Phi) is 5.32. The molecule has 0 aliphatic carbocycles. The summed E-state index contributed by atoms with van der Waals surface area (Å²) in [5.41, 5.74) is 11.4. The van der Waals surface area contributed by atoms with Crippen molar-refractivity contribution in [3.8, 4) is 11.3 Å². The smallest absolute Gasteiger partial charge is 0.229 e. The van der Waals surface area contributed by atoms with E-state index in [4.69, 9.17) is 5.73 Å². The van der Waals surface area contributed by atoms with Crippen molar-refractivity contribution in [2.75, 3.05) is 17.2 Å². The average molecular weight is 406 g/mol. The van der Waals surface area contributed by atoms with E-state index in [9.17, 15) is 0 Å². The molecule has 0 bridgehead atoms. The molecule has 1 unspecified atom stereocenters. The molecule has 6 heteroatoms. The Morgan fingerprint density at radius 3 is 2.59 bits per heavy atom. The van der Waals surface area contributed by atoms with Crippen molar-refractivity contribution < 1.29 is 0 Å². The zero-order valence-corrected chi connectivity index (χ0v) is 18.2. The third-order valence-electron chi connectivity index (χ3n) is 5.34. The Hall–Kier alpha value is -2.44. The maximum absolute atomic E-state index is 6.00. The summed E-state index contributed by atoms with van der Waals surface area (Å²) in [5, 5.41) is 0. The molecule has 4 rings (SSSR count). The van der Waals surface area contributed by atoms with Crippen LogP contribution in [0.4, 0.5) is 11.6 Å².